The Balaban J connectivity index is 1.65. The maximum atomic E-state index is 5.85. The molecule has 0 saturated carbocycles. The highest BCUT2D eigenvalue weighted by atomic mass is 16.5. The van der Waals surface area contributed by atoms with Crippen LogP contribution in [0.2, 0.25) is 0 Å². The van der Waals surface area contributed by atoms with Gasteiger partial charge in [-0.15, -0.1) is 0 Å². The number of rotatable bonds is 3. The van der Waals surface area contributed by atoms with Crippen molar-refractivity contribution < 1.29 is 4.74 Å². The van der Waals surface area contributed by atoms with Crippen LogP contribution in [0.1, 0.15) is 0 Å². The quantitative estimate of drug-likeness (QED) is 0.580. The Morgan fingerprint density at radius 2 is 1.82 bits per heavy atom. The molecule has 22 heavy (non-hydrogen) atoms. The van der Waals surface area contributed by atoms with Crippen LogP contribution in [0.15, 0.2) is 67.5 Å². The highest BCUT2D eigenvalue weighted by molar-refractivity contribution is 5.82. The van der Waals surface area contributed by atoms with Crippen LogP contribution in [0, 0.1) is 0 Å². The third-order valence-corrected chi connectivity index (χ3v) is 3.22. The van der Waals surface area contributed by atoms with Gasteiger partial charge in [0.2, 0.25) is 5.88 Å². The molecule has 0 saturated heterocycles. The zero-order chi connectivity index (χ0) is 14.8. The van der Waals surface area contributed by atoms with E-state index >= 15 is 0 Å². The second kappa shape index (κ2) is 5.25. The van der Waals surface area contributed by atoms with Gasteiger partial charge in [0.15, 0.2) is 0 Å². The lowest BCUT2D eigenvalue weighted by Gasteiger charge is -2.07. The van der Waals surface area contributed by atoms with Gasteiger partial charge in [-0.2, -0.15) is 5.10 Å². The Labute approximate surface area is 126 Å². The molecule has 4 rings (SSSR count). The lowest BCUT2D eigenvalue weighted by atomic mass is 10.2. The van der Waals surface area contributed by atoms with Crippen molar-refractivity contribution in [1.82, 2.24) is 24.7 Å². The van der Waals surface area contributed by atoms with E-state index in [1.807, 2.05) is 42.5 Å². The van der Waals surface area contributed by atoms with Crippen molar-refractivity contribution >= 4 is 10.9 Å². The van der Waals surface area contributed by atoms with Gasteiger partial charge in [-0.25, -0.2) is 14.6 Å². The van der Waals surface area contributed by atoms with E-state index in [2.05, 4.69) is 20.1 Å². The monoisotopic (exact) mass is 289 g/mol. The molecule has 0 aliphatic rings. The predicted molar refractivity (Wildman–Crippen MR) is 81.0 cm³/mol. The molecule has 0 radical (unpaired) electrons. The summed E-state index contributed by atoms with van der Waals surface area (Å²) in [5, 5.41) is 5.08. The van der Waals surface area contributed by atoms with Gasteiger partial charge in [-0.3, -0.25) is 4.98 Å². The van der Waals surface area contributed by atoms with E-state index in [4.69, 9.17) is 4.74 Å². The first-order valence-electron chi connectivity index (χ1n) is 6.73. The summed E-state index contributed by atoms with van der Waals surface area (Å²) in [6, 6.07) is 13.3. The van der Waals surface area contributed by atoms with Gasteiger partial charge >= 0.3 is 0 Å². The molecule has 6 nitrogen and oxygen atoms in total. The summed E-state index contributed by atoms with van der Waals surface area (Å²) in [4.78, 5) is 12.5. The van der Waals surface area contributed by atoms with Crippen LogP contribution in [0.3, 0.4) is 0 Å². The molecule has 0 spiro atoms. The largest absolute Gasteiger partial charge is 0.437 e. The maximum Gasteiger partial charge on any atom is 0.246 e. The predicted octanol–water partition coefficient (Wildman–Crippen LogP) is 3.00. The van der Waals surface area contributed by atoms with Crippen molar-refractivity contribution in [3.8, 4) is 17.3 Å². The molecule has 0 aliphatic heterocycles. The number of nitrogens with zero attached hydrogens (tertiary/aromatic N) is 5. The Morgan fingerprint density at radius 3 is 2.64 bits per heavy atom. The Morgan fingerprint density at radius 1 is 0.909 bits per heavy atom. The van der Waals surface area contributed by atoms with Crippen LogP contribution in [0.25, 0.3) is 16.6 Å². The minimum absolute atomic E-state index is 0.492. The van der Waals surface area contributed by atoms with E-state index in [1.165, 1.54) is 6.33 Å². The maximum absolute atomic E-state index is 5.85. The van der Waals surface area contributed by atoms with Crippen molar-refractivity contribution in [1.29, 1.82) is 0 Å². The molecule has 3 aromatic heterocycles. The van der Waals surface area contributed by atoms with Crippen molar-refractivity contribution in [2.24, 2.45) is 0 Å². The third-order valence-electron chi connectivity index (χ3n) is 3.22. The van der Waals surface area contributed by atoms with E-state index < -0.39 is 0 Å². The van der Waals surface area contributed by atoms with Gasteiger partial charge < -0.3 is 4.74 Å². The number of ether oxygens (including phenoxy) is 1. The van der Waals surface area contributed by atoms with Crippen molar-refractivity contribution in [3.05, 3.63) is 67.5 Å². The molecule has 4 aromatic rings. The van der Waals surface area contributed by atoms with Gasteiger partial charge in [-0.1, -0.05) is 6.07 Å². The molecule has 6 heteroatoms. The first-order chi connectivity index (χ1) is 10.9. The Bertz CT molecular complexity index is 898. The minimum atomic E-state index is 0.492. The van der Waals surface area contributed by atoms with Gasteiger partial charge in [-0.05, 0) is 36.4 Å². The summed E-state index contributed by atoms with van der Waals surface area (Å²) in [5.74, 6) is 1.18. The van der Waals surface area contributed by atoms with E-state index in [0.29, 0.717) is 11.6 Å². The average molecular weight is 289 g/mol. The summed E-state index contributed by atoms with van der Waals surface area (Å²) in [6.45, 7) is 0. The third kappa shape index (κ3) is 2.26. The zero-order valence-corrected chi connectivity index (χ0v) is 11.5. The highest BCUT2D eigenvalue weighted by Gasteiger charge is 2.06. The summed E-state index contributed by atoms with van der Waals surface area (Å²) >= 11 is 0. The van der Waals surface area contributed by atoms with E-state index in [9.17, 15) is 0 Å². The summed E-state index contributed by atoms with van der Waals surface area (Å²) < 4.78 is 7.53. The molecule has 1 aromatic carbocycles. The van der Waals surface area contributed by atoms with E-state index in [1.54, 1.807) is 23.4 Å². The van der Waals surface area contributed by atoms with Crippen LogP contribution in [-0.2, 0) is 0 Å². The van der Waals surface area contributed by atoms with Crippen molar-refractivity contribution in [2.75, 3.05) is 0 Å². The molecule has 0 unspecified atom stereocenters. The second-order valence-electron chi connectivity index (χ2n) is 4.63. The minimum Gasteiger partial charge on any atom is -0.437 e. The van der Waals surface area contributed by atoms with Gasteiger partial charge in [0.1, 0.15) is 23.9 Å². The molecule has 0 amide bonds. The van der Waals surface area contributed by atoms with E-state index in [-0.39, 0.29) is 0 Å². The standard InChI is InChI=1S/C16H11N5O/c1-2-12-7-9-19-16(15(12)18-8-1)22-14-5-3-13(4-6-14)21-11-17-10-20-21/h1-11H. The SMILES string of the molecule is c1cnc2c(Oc3ccc(-n4cncn4)cc3)nccc2c1. The number of benzene rings is 1. The van der Waals surface area contributed by atoms with Gasteiger partial charge in [0.05, 0.1) is 5.69 Å². The van der Waals surface area contributed by atoms with Crippen LogP contribution in [0.4, 0.5) is 0 Å². The van der Waals surface area contributed by atoms with Crippen LogP contribution >= 0.6 is 0 Å². The fraction of sp³-hybridized carbons (Fsp3) is 0. The van der Waals surface area contributed by atoms with Crippen LogP contribution in [-0.4, -0.2) is 24.7 Å². The first kappa shape index (κ1) is 12.5. The zero-order valence-electron chi connectivity index (χ0n) is 11.5. The topological polar surface area (TPSA) is 65.7 Å². The summed E-state index contributed by atoms with van der Waals surface area (Å²) in [6.07, 6.45) is 6.58. The molecular formula is C16H11N5O. The first-order valence-corrected chi connectivity index (χ1v) is 6.73. The second-order valence-corrected chi connectivity index (χ2v) is 4.63. The Kier molecular flexibility index (Phi) is 2.97. The summed E-state index contributed by atoms with van der Waals surface area (Å²) in [5.41, 5.74) is 1.65. The van der Waals surface area contributed by atoms with Gasteiger partial charge in [0, 0.05) is 17.8 Å². The number of pyridine rings is 2. The van der Waals surface area contributed by atoms with Crippen LogP contribution in [0.5, 0.6) is 11.6 Å². The van der Waals surface area contributed by atoms with Gasteiger partial charge in [0.25, 0.3) is 0 Å². The number of hydrogen-bond donors (Lipinski definition) is 0. The fourth-order valence-corrected chi connectivity index (χ4v) is 2.17. The Hall–Kier alpha value is -3.28. The lowest BCUT2D eigenvalue weighted by Crippen LogP contribution is -1.95. The normalized spacial score (nSPS) is 10.7. The number of fused-ring (bicyclic) bond motifs is 1. The molecule has 0 fully saturated rings. The fourth-order valence-electron chi connectivity index (χ4n) is 2.17. The molecule has 0 bridgehead atoms. The summed E-state index contributed by atoms with van der Waals surface area (Å²) in [7, 11) is 0. The molecule has 106 valence electrons. The molecular weight excluding hydrogens is 278 g/mol. The molecule has 0 atom stereocenters. The molecule has 0 N–H and O–H groups in total. The molecule has 0 aliphatic carbocycles. The lowest BCUT2D eigenvalue weighted by molar-refractivity contribution is 0.468. The van der Waals surface area contributed by atoms with Crippen LogP contribution < -0.4 is 4.74 Å². The van der Waals surface area contributed by atoms with Crippen molar-refractivity contribution in [2.45, 2.75) is 0 Å². The number of hydrogen-bond acceptors (Lipinski definition) is 5. The number of aromatic nitrogens is 5. The van der Waals surface area contributed by atoms with E-state index in [0.717, 1.165) is 16.6 Å². The van der Waals surface area contributed by atoms with Crippen molar-refractivity contribution in [3.63, 3.8) is 0 Å². The average Bonchev–Trinajstić information content (AvgIpc) is 3.10. The smallest absolute Gasteiger partial charge is 0.246 e. The highest BCUT2D eigenvalue weighted by Crippen LogP contribution is 2.26. The molecule has 3 heterocycles.